The van der Waals surface area contributed by atoms with Crippen LogP contribution in [-0.4, -0.2) is 44.3 Å². The van der Waals surface area contributed by atoms with Gasteiger partial charge in [0.15, 0.2) is 0 Å². The van der Waals surface area contributed by atoms with Crippen molar-refractivity contribution in [2.45, 2.75) is 33.8 Å². The van der Waals surface area contributed by atoms with Gasteiger partial charge in [0.25, 0.3) is 0 Å². The molecule has 0 aromatic heterocycles. The van der Waals surface area contributed by atoms with Gasteiger partial charge in [-0.1, -0.05) is 13.8 Å². The van der Waals surface area contributed by atoms with Gasteiger partial charge in [-0.25, -0.2) is 0 Å². The maximum Gasteiger partial charge on any atom is 0.0596 e. The fourth-order valence-corrected chi connectivity index (χ4v) is 1.32. The Morgan fingerprint density at radius 2 is 1.93 bits per heavy atom. The number of likely N-dealkylation sites (N-methyl/N-ethyl adjacent to an activating group) is 1. The Hall–Kier alpha value is -0.120. The Kier molecular flexibility index (Phi) is 6.33. The molecule has 0 fully saturated rings. The summed E-state index contributed by atoms with van der Waals surface area (Å²) in [7, 11) is 2.11. The van der Waals surface area contributed by atoms with Crippen LogP contribution in [-0.2, 0) is 4.74 Å². The second-order valence-electron chi connectivity index (χ2n) is 5.03. The Bertz CT molecular complexity index is 146. The van der Waals surface area contributed by atoms with E-state index in [0.717, 1.165) is 26.2 Å². The van der Waals surface area contributed by atoms with Crippen LogP contribution >= 0.6 is 0 Å². The fourth-order valence-electron chi connectivity index (χ4n) is 1.32. The standard InChI is InChI=1S/C11H26N2O/c1-10(2)14-7-6-13(5)9-11(3,4)8-12/h10H,6-9,12H2,1-5H3. The molecule has 0 aromatic rings. The number of nitrogens with zero attached hydrogens (tertiary/aromatic N) is 1. The highest BCUT2D eigenvalue weighted by Gasteiger charge is 2.17. The van der Waals surface area contributed by atoms with Crippen LogP contribution in [0.5, 0.6) is 0 Å². The number of nitrogens with two attached hydrogens (primary N) is 1. The molecule has 0 aliphatic carbocycles. The smallest absolute Gasteiger partial charge is 0.0596 e. The van der Waals surface area contributed by atoms with Gasteiger partial charge in [0.1, 0.15) is 0 Å². The molecule has 0 saturated heterocycles. The first-order valence-electron chi connectivity index (χ1n) is 5.37. The number of ether oxygens (including phenoxy) is 1. The van der Waals surface area contributed by atoms with Gasteiger partial charge in [-0.3, -0.25) is 0 Å². The first kappa shape index (κ1) is 13.9. The molecule has 14 heavy (non-hydrogen) atoms. The van der Waals surface area contributed by atoms with Crippen molar-refractivity contribution >= 4 is 0 Å². The van der Waals surface area contributed by atoms with Crippen molar-refractivity contribution in [1.82, 2.24) is 4.90 Å². The molecule has 0 bridgehead atoms. The Balaban J connectivity index is 3.60. The molecule has 0 atom stereocenters. The highest BCUT2D eigenvalue weighted by atomic mass is 16.5. The molecular formula is C11H26N2O. The van der Waals surface area contributed by atoms with E-state index in [2.05, 4.69) is 39.6 Å². The monoisotopic (exact) mass is 202 g/mol. The summed E-state index contributed by atoms with van der Waals surface area (Å²) in [5.74, 6) is 0. The minimum absolute atomic E-state index is 0.201. The van der Waals surface area contributed by atoms with Crippen LogP contribution in [0.4, 0.5) is 0 Å². The van der Waals surface area contributed by atoms with Crippen molar-refractivity contribution in [2.24, 2.45) is 11.1 Å². The molecule has 0 spiro atoms. The maximum absolute atomic E-state index is 5.67. The fraction of sp³-hybridized carbons (Fsp3) is 1.00. The average molecular weight is 202 g/mol. The molecule has 86 valence electrons. The summed E-state index contributed by atoms with van der Waals surface area (Å²) in [6.45, 7) is 12.0. The molecule has 0 aromatic carbocycles. The molecule has 3 nitrogen and oxygen atoms in total. The van der Waals surface area contributed by atoms with E-state index in [9.17, 15) is 0 Å². The van der Waals surface area contributed by atoms with E-state index in [1.807, 2.05) is 0 Å². The first-order valence-corrected chi connectivity index (χ1v) is 5.37. The van der Waals surface area contributed by atoms with Crippen LogP contribution in [0.1, 0.15) is 27.7 Å². The van der Waals surface area contributed by atoms with Gasteiger partial charge >= 0.3 is 0 Å². The molecule has 0 rings (SSSR count). The highest BCUT2D eigenvalue weighted by Crippen LogP contribution is 2.13. The van der Waals surface area contributed by atoms with Gasteiger partial charge in [-0.05, 0) is 32.9 Å². The van der Waals surface area contributed by atoms with Crippen molar-refractivity contribution in [3.8, 4) is 0 Å². The van der Waals surface area contributed by atoms with E-state index in [0.29, 0.717) is 6.10 Å². The van der Waals surface area contributed by atoms with Crippen molar-refractivity contribution < 1.29 is 4.74 Å². The lowest BCUT2D eigenvalue weighted by Crippen LogP contribution is -2.38. The summed E-state index contributed by atoms with van der Waals surface area (Å²) in [6.07, 6.45) is 0.325. The van der Waals surface area contributed by atoms with Gasteiger partial charge in [-0.15, -0.1) is 0 Å². The third-order valence-corrected chi connectivity index (χ3v) is 2.17. The molecule has 3 heteroatoms. The van der Waals surface area contributed by atoms with Gasteiger partial charge in [0, 0.05) is 13.1 Å². The predicted octanol–water partition coefficient (Wildman–Crippen LogP) is 1.33. The van der Waals surface area contributed by atoms with E-state index in [4.69, 9.17) is 10.5 Å². The Morgan fingerprint density at radius 1 is 1.36 bits per heavy atom. The highest BCUT2D eigenvalue weighted by molar-refractivity contribution is 4.72. The van der Waals surface area contributed by atoms with Gasteiger partial charge < -0.3 is 15.4 Å². The number of hydrogen-bond donors (Lipinski definition) is 1. The molecular weight excluding hydrogens is 176 g/mol. The van der Waals surface area contributed by atoms with Crippen LogP contribution in [0.15, 0.2) is 0 Å². The van der Waals surface area contributed by atoms with Crippen LogP contribution in [0.2, 0.25) is 0 Å². The lowest BCUT2D eigenvalue weighted by Gasteiger charge is -2.29. The van der Waals surface area contributed by atoms with E-state index >= 15 is 0 Å². The zero-order valence-corrected chi connectivity index (χ0v) is 10.3. The molecule has 0 saturated carbocycles. The molecule has 0 heterocycles. The zero-order valence-electron chi connectivity index (χ0n) is 10.3. The number of rotatable bonds is 7. The van der Waals surface area contributed by atoms with E-state index in [1.165, 1.54) is 0 Å². The van der Waals surface area contributed by atoms with Crippen molar-refractivity contribution in [3.63, 3.8) is 0 Å². The maximum atomic E-state index is 5.67. The Labute approximate surface area is 88.6 Å². The molecule has 2 N–H and O–H groups in total. The quantitative estimate of drug-likeness (QED) is 0.677. The van der Waals surface area contributed by atoms with Gasteiger partial charge in [0.2, 0.25) is 0 Å². The average Bonchev–Trinajstić information content (AvgIpc) is 2.02. The largest absolute Gasteiger partial charge is 0.377 e. The van der Waals surface area contributed by atoms with Gasteiger partial charge in [-0.2, -0.15) is 0 Å². The summed E-state index contributed by atoms with van der Waals surface area (Å²) < 4.78 is 5.49. The zero-order chi connectivity index (χ0) is 11.2. The van der Waals surface area contributed by atoms with Crippen LogP contribution < -0.4 is 5.73 Å². The van der Waals surface area contributed by atoms with Crippen LogP contribution in [0, 0.1) is 5.41 Å². The molecule has 0 unspecified atom stereocenters. The summed E-state index contributed by atoms with van der Waals surface area (Å²) >= 11 is 0. The third kappa shape index (κ3) is 7.30. The summed E-state index contributed by atoms with van der Waals surface area (Å²) in [4.78, 5) is 2.27. The first-order chi connectivity index (χ1) is 6.37. The summed E-state index contributed by atoms with van der Waals surface area (Å²) in [5, 5.41) is 0. The number of hydrogen-bond acceptors (Lipinski definition) is 3. The SMILES string of the molecule is CC(C)OCCN(C)CC(C)(C)CN. The normalized spacial score (nSPS) is 12.9. The lowest BCUT2D eigenvalue weighted by atomic mass is 9.93. The molecule has 0 aliphatic heterocycles. The van der Waals surface area contributed by atoms with E-state index in [-0.39, 0.29) is 5.41 Å². The molecule has 0 amide bonds. The Morgan fingerprint density at radius 3 is 2.36 bits per heavy atom. The third-order valence-electron chi connectivity index (χ3n) is 2.17. The van der Waals surface area contributed by atoms with Crippen molar-refractivity contribution in [1.29, 1.82) is 0 Å². The minimum atomic E-state index is 0.201. The van der Waals surface area contributed by atoms with Gasteiger partial charge in [0.05, 0.1) is 12.7 Å². The second kappa shape index (κ2) is 6.38. The van der Waals surface area contributed by atoms with Crippen LogP contribution in [0.3, 0.4) is 0 Å². The molecule has 0 aliphatic rings. The van der Waals surface area contributed by atoms with Crippen molar-refractivity contribution in [2.75, 3.05) is 33.3 Å². The topological polar surface area (TPSA) is 38.5 Å². The van der Waals surface area contributed by atoms with E-state index < -0.39 is 0 Å². The van der Waals surface area contributed by atoms with E-state index in [1.54, 1.807) is 0 Å². The second-order valence-corrected chi connectivity index (χ2v) is 5.03. The minimum Gasteiger partial charge on any atom is -0.377 e. The summed E-state index contributed by atoms with van der Waals surface area (Å²) in [5.41, 5.74) is 5.87. The van der Waals surface area contributed by atoms with Crippen molar-refractivity contribution in [3.05, 3.63) is 0 Å². The van der Waals surface area contributed by atoms with Crippen LogP contribution in [0.25, 0.3) is 0 Å². The molecule has 0 radical (unpaired) electrons. The summed E-state index contributed by atoms with van der Waals surface area (Å²) in [6, 6.07) is 0. The predicted molar refractivity (Wildman–Crippen MR) is 61.4 cm³/mol. The lowest BCUT2D eigenvalue weighted by molar-refractivity contribution is 0.0577.